The van der Waals surface area contributed by atoms with Crippen LogP contribution < -0.4 is 0 Å². The van der Waals surface area contributed by atoms with Crippen molar-refractivity contribution in [3.05, 3.63) is 115 Å². The first-order valence-electron chi connectivity index (χ1n) is 15.1. The van der Waals surface area contributed by atoms with Gasteiger partial charge in [-0.1, -0.05) is 84.0 Å². The molecule has 0 saturated carbocycles. The Bertz CT molecular complexity index is 2210. The van der Waals surface area contributed by atoms with E-state index in [4.69, 9.17) is 8.83 Å². The first-order chi connectivity index (χ1) is 21.4. The van der Waals surface area contributed by atoms with Gasteiger partial charge in [0.05, 0.1) is 0 Å². The van der Waals surface area contributed by atoms with E-state index >= 15 is 0 Å². The quantitative estimate of drug-likeness (QED) is 0.110. The van der Waals surface area contributed by atoms with E-state index in [-0.39, 0.29) is 37.1 Å². The molecule has 46 heavy (non-hydrogen) atoms. The number of carbonyl (C=O) groups is 1. The number of allylic oxidation sites excluding steroid dienone is 2. The van der Waals surface area contributed by atoms with E-state index in [1.54, 1.807) is 0 Å². The van der Waals surface area contributed by atoms with Gasteiger partial charge in [0.1, 0.15) is 16.9 Å². The molecule has 0 aliphatic heterocycles. The number of aliphatic hydroxyl groups excluding tert-OH is 1. The summed E-state index contributed by atoms with van der Waals surface area (Å²) in [6.45, 7) is 11.1. The maximum absolute atomic E-state index is 11.5. The van der Waals surface area contributed by atoms with Crippen LogP contribution in [0.1, 0.15) is 41.5 Å². The van der Waals surface area contributed by atoms with Gasteiger partial charge in [0, 0.05) is 64.8 Å². The SMILES string of the molecule is CC(C)(C)C(=O)/C=C(\O)C(C)(C)C.[Ir].[c-]1ccccc1-c1cc(-c2cc3c4ccccc4oc3c3oc4ccccc4c23)ccn1. The minimum atomic E-state index is -0.417. The zero-order chi connectivity index (χ0) is 31.9. The Balaban J connectivity index is 0.000000256. The maximum Gasteiger partial charge on any atom is 0.179 e. The van der Waals surface area contributed by atoms with Crippen molar-refractivity contribution in [1.82, 2.24) is 4.98 Å². The number of aromatic nitrogens is 1. The number of benzene rings is 4. The molecule has 3 aromatic heterocycles. The van der Waals surface area contributed by atoms with Crippen molar-refractivity contribution in [3.63, 3.8) is 0 Å². The minimum Gasteiger partial charge on any atom is -0.512 e. The summed E-state index contributed by atoms with van der Waals surface area (Å²) >= 11 is 0. The van der Waals surface area contributed by atoms with Gasteiger partial charge in [-0.3, -0.25) is 4.79 Å². The van der Waals surface area contributed by atoms with E-state index < -0.39 is 5.41 Å². The van der Waals surface area contributed by atoms with Crippen LogP contribution in [0, 0.1) is 16.9 Å². The average Bonchev–Trinajstić information content (AvgIpc) is 3.59. The molecule has 7 rings (SSSR count). The molecule has 0 saturated heterocycles. The zero-order valence-corrected chi connectivity index (χ0v) is 29.2. The normalized spacial score (nSPS) is 12.3. The Hall–Kier alpha value is -4.51. The molecule has 0 amide bonds. The van der Waals surface area contributed by atoms with Crippen LogP contribution in [0.3, 0.4) is 0 Å². The Kier molecular flexibility index (Phi) is 9.08. The van der Waals surface area contributed by atoms with Crippen LogP contribution in [-0.4, -0.2) is 15.9 Å². The number of para-hydroxylation sites is 2. The monoisotopic (exact) mass is 787 g/mol. The van der Waals surface area contributed by atoms with E-state index in [9.17, 15) is 9.90 Å². The molecule has 3 heterocycles. The molecule has 0 atom stereocenters. The maximum atomic E-state index is 11.5. The molecule has 1 radical (unpaired) electrons. The van der Waals surface area contributed by atoms with E-state index in [2.05, 4.69) is 41.4 Å². The second-order valence-corrected chi connectivity index (χ2v) is 13.3. The van der Waals surface area contributed by atoms with Gasteiger partial charge in [0.25, 0.3) is 0 Å². The third kappa shape index (κ3) is 6.42. The van der Waals surface area contributed by atoms with Crippen LogP contribution in [0.2, 0.25) is 0 Å². The number of fused-ring (bicyclic) bond motifs is 7. The number of aliphatic hydroxyl groups is 1. The third-order valence-corrected chi connectivity index (χ3v) is 7.82. The zero-order valence-electron chi connectivity index (χ0n) is 26.8. The standard InChI is InChI=1S/C29H16NO2.C11H20O2.Ir/c1-2-8-18(9-3-1)24-16-19(14-15-30-24)22-17-23-20-10-4-6-12-25(20)31-28(23)29-27(22)21-11-5-7-13-26(21)32-29;1-10(2,3)8(12)7-9(13)11(4,5)6;/h1-8,10-17H;7,12H,1-6H3;/q-1;;/b;8-7-;. The van der Waals surface area contributed by atoms with Gasteiger partial charge >= 0.3 is 0 Å². The summed E-state index contributed by atoms with van der Waals surface area (Å²) in [4.78, 5) is 16.1. The fourth-order valence-electron chi connectivity index (χ4n) is 5.15. The number of rotatable bonds is 3. The molecular weight excluding hydrogens is 751 g/mol. The Morgan fingerprint density at radius 3 is 2.04 bits per heavy atom. The van der Waals surface area contributed by atoms with E-state index in [1.165, 1.54) is 6.08 Å². The number of pyridine rings is 1. The molecule has 0 unspecified atom stereocenters. The summed E-state index contributed by atoms with van der Waals surface area (Å²) in [6, 6.07) is 33.9. The number of nitrogens with zero attached hydrogens (tertiary/aromatic N) is 1. The molecule has 7 aromatic rings. The smallest absolute Gasteiger partial charge is 0.179 e. The molecule has 5 nitrogen and oxygen atoms in total. The van der Waals surface area contributed by atoms with Crippen molar-refractivity contribution in [2.45, 2.75) is 41.5 Å². The number of hydrogen-bond donors (Lipinski definition) is 1. The second kappa shape index (κ2) is 12.7. The van der Waals surface area contributed by atoms with Gasteiger partial charge in [0.15, 0.2) is 16.9 Å². The van der Waals surface area contributed by atoms with Crippen LogP contribution in [-0.2, 0) is 24.9 Å². The molecular formula is C40H36IrNO4-. The molecule has 6 heteroatoms. The molecule has 0 fully saturated rings. The van der Waals surface area contributed by atoms with Crippen LogP contribution in [0.25, 0.3) is 66.3 Å². The number of ketones is 1. The van der Waals surface area contributed by atoms with E-state index in [0.717, 1.165) is 66.3 Å². The molecule has 0 aliphatic carbocycles. The van der Waals surface area contributed by atoms with Gasteiger partial charge in [-0.05, 0) is 41.1 Å². The summed E-state index contributed by atoms with van der Waals surface area (Å²) in [5.41, 5.74) is 6.54. The summed E-state index contributed by atoms with van der Waals surface area (Å²) in [5.74, 6) is 0.104. The minimum absolute atomic E-state index is 0. The fraction of sp³-hybridized carbons (Fsp3) is 0.200. The van der Waals surface area contributed by atoms with Crippen LogP contribution in [0.5, 0.6) is 0 Å². The van der Waals surface area contributed by atoms with Crippen molar-refractivity contribution in [1.29, 1.82) is 0 Å². The molecule has 0 bridgehead atoms. The van der Waals surface area contributed by atoms with Gasteiger partial charge in [-0.25, -0.2) is 0 Å². The predicted molar refractivity (Wildman–Crippen MR) is 183 cm³/mol. The largest absolute Gasteiger partial charge is 0.512 e. The summed E-state index contributed by atoms with van der Waals surface area (Å²) in [6.07, 6.45) is 3.19. The average molecular weight is 787 g/mol. The topological polar surface area (TPSA) is 76.5 Å². The Morgan fingerprint density at radius 1 is 0.761 bits per heavy atom. The van der Waals surface area contributed by atoms with Crippen LogP contribution >= 0.6 is 0 Å². The molecule has 0 aliphatic rings. The van der Waals surface area contributed by atoms with Crippen molar-refractivity contribution in [3.8, 4) is 22.4 Å². The van der Waals surface area contributed by atoms with Gasteiger partial charge in [-0.2, -0.15) is 0 Å². The molecule has 1 N–H and O–H groups in total. The van der Waals surface area contributed by atoms with Gasteiger partial charge < -0.3 is 18.9 Å². The summed E-state index contributed by atoms with van der Waals surface area (Å²) < 4.78 is 12.6. The summed E-state index contributed by atoms with van der Waals surface area (Å²) in [7, 11) is 0. The van der Waals surface area contributed by atoms with E-state index in [0.29, 0.717) is 0 Å². The predicted octanol–water partition coefficient (Wildman–Crippen LogP) is 11.1. The van der Waals surface area contributed by atoms with Crippen LogP contribution in [0.15, 0.2) is 118 Å². The van der Waals surface area contributed by atoms with Crippen molar-refractivity contribution in [2.24, 2.45) is 10.8 Å². The molecule has 235 valence electrons. The van der Waals surface area contributed by atoms with Gasteiger partial charge in [0.2, 0.25) is 0 Å². The third-order valence-electron chi connectivity index (χ3n) is 7.82. The van der Waals surface area contributed by atoms with Crippen LogP contribution in [0.4, 0.5) is 0 Å². The second-order valence-electron chi connectivity index (χ2n) is 13.3. The van der Waals surface area contributed by atoms with Crippen molar-refractivity contribution in [2.75, 3.05) is 0 Å². The van der Waals surface area contributed by atoms with E-state index in [1.807, 2.05) is 108 Å². The molecule has 0 spiro atoms. The van der Waals surface area contributed by atoms with Crippen molar-refractivity contribution < 1.29 is 38.8 Å². The first kappa shape index (κ1) is 32.9. The first-order valence-corrected chi connectivity index (χ1v) is 15.1. The fourth-order valence-corrected chi connectivity index (χ4v) is 5.15. The Morgan fingerprint density at radius 2 is 1.39 bits per heavy atom. The number of hydrogen-bond acceptors (Lipinski definition) is 5. The van der Waals surface area contributed by atoms with Gasteiger partial charge in [-0.15, -0.1) is 35.9 Å². The number of carbonyl (C=O) groups excluding carboxylic acids is 1. The van der Waals surface area contributed by atoms with Crippen molar-refractivity contribution >= 4 is 49.7 Å². The molecule has 4 aromatic carbocycles. The number of furan rings is 2. The summed E-state index contributed by atoms with van der Waals surface area (Å²) in [5, 5.41) is 13.8. The Labute approximate surface area is 282 Å².